The molecule has 18 heavy (non-hydrogen) atoms. The summed E-state index contributed by atoms with van der Waals surface area (Å²) in [5.74, 6) is 0.145. The fourth-order valence-electron chi connectivity index (χ4n) is 1.42. The van der Waals surface area contributed by atoms with Crippen LogP contribution in [0.4, 0.5) is 5.69 Å². The van der Waals surface area contributed by atoms with Crippen LogP contribution in [0.15, 0.2) is 12.1 Å². The lowest BCUT2D eigenvalue weighted by atomic mass is 9.94. The molecule has 0 aliphatic rings. The van der Waals surface area contributed by atoms with Crippen molar-refractivity contribution in [1.82, 2.24) is 0 Å². The zero-order chi connectivity index (χ0) is 13.9. The monoisotopic (exact) mass is 266 g/mol. The smallest absolute Gasteiger partial charge is 0.244 e. The van der Waals surface area contributed by atoms with Crippen molar-refractivity contribution in [3.8, 4) is 11.8 Å². The number of nitrogens with one attached hydrogen (secondary N) is 1. The first-order chi connectivity index (χ1) is 8.31. The lowest BCUT2D eigenvalue weighted by Gasteiger charge is -2.18. The van der Waals surface area contributed by atoms with E-state index in [4.69, 9.17) is 21.6 Å². The summed E-state index contributed by atoms with van der Waals surface area (Å²) in [6, 6.07) is 5.28. The summed E-state index contributed by atoms with van der Waals surface area (Å²) in [5, 5.41) is 12.1. The summed E-state index contributed by atoms with van der Waals surface area (Å²) in [5.41, 5.74) is 0.173. The normalized spacial score (nSPS) is 10.7. The molecule has 1 N–H and O–H groups in total. The Balaban J connectivity index is 3.13. The van der Waals surface area contributed by atoms with Crippen LogP contribution in [0.25, 0.3) is 0 Å². The Kier molecular flexibility index (Phi) is 4.20. The first-order valence-electron chi connectivity index (χ1n) is 5.38. The zero-order valence-corrected chi connectivity index (χ0v) is 11.6. The van der Waals surface area contributed by atoms with Gasteiger partial charge in [0.25, 0.3) is 0 Å². The second-order valence-corrected chi connectivity index (χ2v) is 4.93. The van der Waals surface area contributed by atoms with Crippen LogP contribution >= 0.6 is 11.6 Å². The maximum absolute atomic E-state index is 11.9. The number of halogens is 1. The van der Waals surface area contributed by atoms with Gasteiger partial charge in [0, 0.05) is 5.02 Å². The topological polar surface area (TPSA) is 62.1 Å². The van der Waals surface area contributed by atoms with E-state index in [2.05, 4.69) is 5.32 Å². The lowest BCUT2D eigenvalue weighted by molar-refractivity contribution is -0.121. The van der Waals surface area contributed by atoms with Crippen molar-refractivity contribution < 1.29 is 9.53 Å². The Hall–Kier alpha value is -1.73. The molecule has 1 aromatic carbocycles. The highest BCUT2D eigenvalue weighted by Gasteiger charge is 2.28. The molecule has 0 atom stereocenters. The van der Waals surface area contributed by atoms with Crippen LogP contribution in [0.3, 0.4) is 0 Å². The molecular formula is C13H15ClN2O2. The number of hydrogen-bond acceptors (Lipinski definition) is 3. The van der Waals surface area contributed by atoms with Crippen LogP contribution in [0, 0.1) is 23.7 Å². The largest absolute Gasteiger partial charge is 0.494 e. The van der Waals surface area contributed by atoms with Crippen LogP contribution in [0.5, 0.6) is 5.75 Å². The molecule has 0 aliphatic carbocycles. The van der Waals surface area contributed by atoms with Gasteiger partial charge in [-0.05, 0) is 38.5 Å². The molecule has 0 unspecified atom stereocenters. The molecule has 0 radical (unpaired) electrons. The molecule has 0 bridgehead atoms. The Labute approximate surface area is 112 Å². The molecule has 96 valence electrons. The van der Waals surface area contributed by atoms with Crippen LogP contribution in [-0.2, 0) is 4.79 Å². The van der Waals surface area contributed by atoms with E-state index in [1.54, 1.807) is 26.0 Å². The van der Waals surface area contributed by atoms with Gasteiger partial charge in [0.15, 0.2) is 0 Å². The Morgan fingerprint density at radius 1 is 1.50 bits per heavy atom. The minimum atomic E-state index is -1.11. The number of rotatable bonds is 3. The first-order valence-corrected chi connectivity index (χ1v) is 5.76. The van der Waals surface area contributed by atoms with Crippen molar-refractivity contribution in [2.45, 2.75) is 20.8 Å². The average molecular weight is 267 g/mol. The number of carbonyl (C=O) groups excluding carboxylic acids is 1. The van der Waals surface area contributed by atoms with E-state index in [1.165, 1.54) is 7.11 Å². The maximum atomic E-state index is 11.9. The van der Waals surface area contributed by atoms with Gasteiger partial charge >= 0.3 is 0 Å². The van der Waals surface area contributed by atoms with Crippen molar-refractivity contribution in [3.63, 3.8) is 0 Å². The number of carbonyl (C=O) groups is 1. The zero-order valence-electron chi connectivity index (χ0n) is 10.8. The fourth-order valence-corrected chi connectivity index (χ4v) is 1.70. The summed E-state index contributed by atoms with van der Waals surface area (Å²) in [7, 11) is 1.52. The summed E-state index contributed by atoms with van der Waals surface area (Å²) < 4.78 is 5.22. The highest BCUT2D eigenvalue weighted by atomic mass is 35.5. The maximum Gasteiger partial charge on any atom is 0.244 e. The number of nitrogens with zero attached hydrogens (tertiary/aromatic N) is 1. The molecule has 1 rings (SSSR count). The van der Waals surface area contributed by atoms with Gasteiger partial charge in [-0.3, -0.25) is 4.79 Å². The number of hydrogen-bond donors (Lipinski definition) is 1. The second-order valence-electron chi connectivity index (χ2n) is 4.49. The molecule has 0 aromatic heterocycles. The SMILES string of the molecule is COc1c(C)cc(Cl)cc1NC(=O)C(C)(C)C#N. The molecule has 0 heterocycles. The quantitative estimate of drug-likeness (QED) is 0.914. The van der Waals surface area contributed by atoms with Crippen molar-refractivity contribution in [1.29, 1.82) is 5.26 Å². The van der Waals surface area contributed by atoms with Gasteiger partial charge in [-0.25, -0.2) is 0 Å². The van der Waals surface area contributed by atoms with E-state index in [-0.39, 0.29) is 0 Å². The molecule has 1 amide bonds. The molecule has 5 heteroatoms. The third-order valence-electron chi connectivity index (χ3n) is 2.54. The molecule has 0 fully saturated rings. The highest BCUT2D eigenvalue weighted by molar-refractivity contribution is 6.31. The third kappa shape index (κ3) is 2.93. The van der Waals surface area contributed by atoms with Crippen molar-refractivity contribution in [3.05, 3.63) is 22.7 Å². The third-order valence-corrected chi connectivity index (χ3v) is 2.76. The summed E-state index contributed by atoms with van der Waals surface area (Å²) in [6.07, 6.45) is 0. The Morgan fingerprint density at radius 3 is 2.61 bits per heavy atom. The van der Waals surface area contributed by atoms with Crippen molar-refractivity contribution in [2.24, 2.45) is 5.41 Å². The van der Waals surface area contributed by atoms with Gasteiger partial charge in [-0.1, -0.05) is 11.6 Å². The number of methoxy groups -OCH3 is 1. The van der Waals surface area contributed by atoms with Crippen LogP contribution in [0.2, 0.25) is 5.02 Å². The number of amides is 1. The number of ether oxygens (including phenoxy) is 1. The van der Waals surface area contributed by atoms with Crippen molar-refractivity contribution in [2.75, 3.05) is 12.4 Å². The van der Waals surface area contributed by atoms with Gasteiger partial charge in [0.2, 0.25) is 5.91 Å². The predicted molar refractivity (Wildman–Crippen MR) is 70.8 cm³/mol. The first kappa shape index (κ1) is 14.3. The summed E-state index contributed by atoms with van der Waals surface area (Å²) in [6.45, 7) is 4.92. The van der Waals surface area contributed by atoms with Gasteiger partial charge in [-0.2, -0.15) is 5.26 Å². The van der Waals surface area contributed by atoms with Crippen LogP contribution in [-0.4, -0.2) is 13.0 Å². The molecule has 0 saturated heterocycles. The van der Waals surface area contributed by atoms with E-state index in [9.17, 15) is 4.79 Å². The minimum Gasteiger partial charge on any atom is -0.494 e. The highest BCUT2D eigenvalue weighted by Crippen LogP contribution is 2.33. The van der Waals surface area contributed by atoms with E-state index in [1.807, 2.05) is 13.0 Å². The van der Waals surface area contributed by atoms with Crippen LogP contribution in [0.1, 0.15) is 19.4 Å². The summed E-state index contributed by atoms with van der Waals surface area (Å²) in [4.78, 5) is 11.9. The van der Waals surface area contributed by atoms with Gasteiger partial charge in [-0.15, -0.1) is 0 Å². The Bertz CT molecular complexity index is 518. The van der Waals surface area contributed by atoms with E-state index in [0.717, 1.165) is 5.56 Å². The van der Waals surface area contributed by atoms with E-state index < -0.39 is 11.3 Å². The molecule has 0 spiro atoms. The molecule has 0 saturated carbocycles. The lowest BCUT2D eigenvalue weighted by Crippen LogP contribution is -2.29. The van der Waals surface area contributed by atoms with E-state index in [0.29, 0.717) is 16.5 Å². The fraction of sp³-hybridized carbons (Fsp3) is 0.385. The molecule has 4 nitrogen and oxygen atoms in total. The Morgan fingerprint density at radius 2 is 2.11 bits per heavy atom. The molecule has 1 aromatic rings. The van der Waals surface area contributed by atoms with Gasteiger partial charge in [0.1, 0.15) is 11.2 Å². The van der Waals surface area contributed by atoms with Crippen LogP contribution < -0.4 is 10.1 Å². The van der Waals surface area contributed by atoms with E-state index >= 15 is 0 Å². The number of nitriles is 1. The second kappa shape index (κ2) is 5.28. The standard InChI is InChI=1S/C13H15ClN2O2/c1-8-5-9(14)6-10(11(8)18-4)16-12(17)13(2,3)7-15/h5-6H,1-4H3,(H,16,17). The number of anilines is 1. The number of aryl methyl sites for hydroxylation is 1. The molecule has 0 aliphatic heterocycles. The van der Waals surface area contributed by atoms with Crippen molar-refractivity contribution >= 4 is 23.2 Å². The average Bonchev–Trinajstić information content (AvgIpc) is 2.28. The minimum absolute atomic E-state index is 0.398. The predicted octanol–water partition coefficient (Wildman–Crippen LogP) is 3.15. The van der Waals surface area contributed by atoms with Gasteiger partial charge < -0.3 is 10.1 Å². The molecular weight excluding hydrogens is 252 g/mol. The number of benzene rings is 1. The summed E-state index contributed by atoms with van der Waals surface area (Å²) >= 11 is 5.94. The van der Waals surface area contributed by atoms with Gasteiger partial charge in [0.05, 0.1) is 18.9 Å².